The number of unbranched alkanes of at least 4 members (excludes halogenated alkanes) is 1. The van der Waals surface area contributed by atoms with Crippen LogP contribution in [0.2, 0.25) is 10.0 Å². The molecule has 0 radical (unpaired) electrons. The molecule has 1 amide bonds. The predicted molar refractivity (Wildman–Crippen MR) is 81.7 cm³/mol. The molecule has 1 aromatic rings. The summed E-state index contributed by atoms with van der Waals surface area (Å²) in [5.41, 5.74) is 0.519. The zero-order valence-corrected chi connectivity index (χ0v) is 12.6. The molecule has 0 aromatic heterocycles. The van der Waals surface area contributed by atoms with E-state index in [1.165, 1.54) is 6.20 Å². The summed E-state index contributed by atoms with van der Waals surface area (Å²) in [5.74, 6) is -0.411. The highest BCUT2D eigenvalue weighted by atomic mass is 35.5. The van der Waals surface area contributed by atoms with Crippen LogP contribution in [0.5, 0.6) is 0 Å². The Morgan fingerprint density at radius 3 is 2.85 bits per heavy atom. The number of nitrogens with one attached hydrogen (secondary N) is 2. The smallest absolute Gasteiger partial charge is 0.263 e. The molecule has 0 aliphatic heterocycles. The Kier molecular flexibility index (Phi) is 6.92. The summed E-state index contributed by atoms with van der Waals surface area (Å²) in [4.78, 5) is 11.7. The molecule has 1 rings (SSSR count). The second-order valence-corrected chi connectivity index (χ2v) is 4.89. The molecule has 0 aliphatic carbocycles. The van der Waals surface area contributed by atoms with Crippen LogP contribution in [0, 0.1) is 11.3 Å². The molecule has 0 fully saturated rings. The number of carbonyl (C=O) groups excluding carboxylic acids is 1. The van der Waals surface area contributed by atoms with Crippen molar-refractivity contribution >= 4 is 34.8 Å². The van der Waals surface area contributed by atoms with Crippen molar-refractivity contribution in [2.24, 2.45) is 0 Å². The molecule has 0 bridgehead atoms. The van der Waals surface area contributed by atoms with Gasteiger partial charge in [-0.1, -0.05) is 36.5 Å². The van der Waals surface area contributed by atoms with Gasteiger partial charge in [-0.05, 0) is 24.6 Å². The largest absolute Gasteiger partial charge is 0.359 e. The Labute approximate surface area is 128 Å². The summed E-state index contributed by atoms with van der Waals surface area (Å²) in [7, 11) is 0. The van der Waals surface area contributed by atoms with E-state index >= 15 is 0 Å². The molecular weight excluding hydrogens is 297 g/mol. The van der Waals surface area contributed by atoms with Crippen LogP contribution in [0.3, 0.4) is 0 Å². The predicted octanol–water partition coefficient (Wildman–Crippen LogP) is 3.73. The summed E-state index contributed by atoms with van der Waals surface area (Å²) in [5, 5.41) is 15.4. The fraction of sp³-hybridized carbons (Fsp3) is 0.286. The maximum atomic E-state index is 11.7. The highest BCUT2D eigenvalue weighted by Crippen LogP contribution is 2.25. The maximum absolute atomic E-state index is 11.7. The average molecular weight is 312 g/mol. The van der Waals surface area contributed by atoms with Crippen molar-refractivity contribution in [3.8, 4) is 6.07 Å². The van der Waals surface area contributed by atoms with E-state index in [2.05, 4.69) is 10.6 Å². The first kappa shape index (κ1) is 16.4. The number of amides is 1. The lowest BCUT2D eigenvalue weighted by molar-refractivity contribution is -0.117. The first-order valence-corrected chi connectivity index (χ1v) is 6.94. The Hall–Kier alpha value is -1.70. The van der Waals surface area contributed by atoms with Gasteiger partial charge < -0.3 is 10.6 Å². The van der Waals surface area contributed by atoms with Crippen LogP contribution < -0.4 is 10.6 Å². The van der Waals surface area contributed by atoms with Crippen LogP contribution in [0.1, 0.15) is 19.8 Å². The van der Waals surface area contributed by atoms with Crippen molar-refractivity contribution in [3.05, 3.63) is 40.0 Å². The maximum Gasteiger partial charge on any atom is 0.263 e. The number of rotatable bonds is 6. The summed E-state index contributed by atoms with van der Waals surface area (Å²) in [6.07, 6.45) is 3.17. The second kappa shape index (κ2) is 8.47. The molecule has 0 atom stereocenters. The summed E-state index contributed by atoms with van der Waals surface area (Å²) < 4.78 is 0. The van der Waals surface area contributed by atoms with E-state index < -0.39 is 5.91 Å². The minimum atomic E-state index is -0.411. The number of hydrogen-bond donors (Lipinski definition) is 2. The quantitative estimate of drug-likeness (QED) is 0.478. The van der Waals surface area contributed by atoms with Gasteiger partial charge >= 0.3 is 0 Å². The van der Waals surface area contributed by atoms with Gasteiger partial charge in [-0.25, -0.2) is 0 Å². The lowest BCUT2D eigenvalue weighted by Gasteiger charge is -2.06. The van der Waals surface area contributed by atoms with E-state index in [1.807, 2.05) is 13.0 Å². The van der Waals surface area contributed by atoms with Crippen LogP contribution in [-0.2, 0) is 4.79 Å². The molecule has 0 unspecified atom stereocenters. The second-order valence-electron chi connectivity index (χ2n) is 4.05. The summed E-state index contributed by atoms with van der Waals surface area (Å²) in [6, 6.07) is 6.75. The molecule has 0 aliphatic rings. The van der Waals surface area contributed by atoms with Crippen molar-refractivity contribution in [3.63, 3.8) is 0 Å². The molecule has 20 heavy (non-hydrogen) atoms. The SMILES string of the molecule is CCCCNC(=O)/C(C#N)=C\Nc1cc(Cl)ccc1Cl. The molecule has 2 N–H and O–H groups in total. The summed E-state index contributed by atoms with van der Waals surface area (Å²) in [6.45, 7) is 2.57. The van der Waals surface area contributed by atoms with Crippen LogP contribution in [0.15, 0.2) is 30.0 Å². The third-order valence-corrected chi connectivity index (χ3v) is 3.05. The third-order valence-electron chi connectivity index (χ3n) is 2.48. The van der Waals surface area contributed by atoms with Gasteiger partial charge in [0.05, 0.1) is 10.7 Å². The Bertz CT molecular complexity index is 550. The lowest BCUT2D eigenvalue weighted by atomic mass is 10.2. The van der Waals surface area contributed by atoms with Gasteiger partial charge in [0.15, 0.2) is 0 Å². The van der Waals surface area contributed by atoms with Gasteiger partial charge in [-0.3, -0.25) is 4.79 Å². The van der Waals surface area contributed by atoms with Crippen LogP contribution >= 0.6 is 23.2 Å². The Morgan fingerprint density at radius 1 is 1.45 bits per heavy atom. The fourth-order valence-corrected chi connectivity index (χ4v) is 1.72. The number of hydrogen-bond acceptors (Lipinski definition) is 3. The van der Waals surface area contributed by atoms with E-state index in [0.717, 1.165) is 12.8 Å². The van der Waals surface area contributed by atoms with Gasteiger partial charge in [-0.2, -0.15) is 5.26 Å². The molecule has 0 spiro atoms. The lowest BCUT2D eigenvalue weighted by Crippen LogP contribution is -2.25. The molecule has 0 saturated carbocycles. The summed E-state index contributed by atoms with van der Waals surface area (Å²) >= 11 is 11.8. The standard InChI is InChI=1S/C14H15Cl2N3O/c1-2-3-6-18-14(20)10(8-17)9-19-13-7-11(15)4-5-12(13)16/h4-5,7,9,19H,2-3,6H2,1H3,(H,18,20)/b10-9-. The molecule has 6 heteroatoms. The average Bonchev–Trinajstić information content (AvgIpc) is 2.43. The number of halogens is 2. The third kappa shape index (κ3) is 5.12. The molecule has 1 aromatic carbocycles. The Balaban J connectivity index is 2.73. The van der Waals surface area contributed by atoms with Gasteiger partial charge in [0.25, 0.3) is 5.91 Å². The van der Waals surface area contributed by atoms with Crippen LogP contribution in [0.4, 0.5) is 5.69 Å². The highest BCUT2D eigenvalue weighted by Gasteiger charge is 2.08. The van der Waals surface area contributed by atoms with Gasteiger partial charge in [0, 0.05) is 17.8 Å². The van der Waals surface area contributed by atoms with E-state index in [1.54, 1.807) is 18.2 Å². The van der Waals surface area contributed by atoms with E-state index in [9.17, 15) is 4.79 Å². The van der Waals surface area contributed by atoms with Crippen molar-refractivity contribution in [2.45, 2.75) is 19.8 Å². The van der Waals surface area contributed by atoms with E-state index in [0.29, 0.717) is 22.3 Å². The zero-order chi connectivity index (χ0) is 15.0. The van der Waals surface area contributed by atoms with Crippen LogP contribution in [0.25, 0.3) is 0 Å². The monoisotopic (exact) mass is 311 g/mol. The first-order chi connectivity index (χ1) is 9.58. The number of carbonyl (C=O) groups is 1. The molecule has 4 nitrogen and oxygen atoms in total. The van der Waals surface area contributed by atoms with Crippen molar-refractivity contribution in [1.29, 1.82) is 5.26 Å². The first-order valence-electron chi connectivity index (χ1n) is 6.18. The van der Waals surface area contributed by atoms with Crippen LogP contribution in [-0.4, -0.2) is 12.5 Å². The minimum Gasteiger partial charge on any atom is -0.359 e. The molecule has 106 valence electrons. The van der Waals surface area contributed by atoms with Crippen molar-refractivity contribution < 1.29 is 4.79 Å². The van der Waals surface area contributed by atoms with E-state index in [-0.39, 0.29) is 5.57 Å². The van der Waals surface area contributed by atoms with Gasteiger partial charge in [-0.15, -0.1) is 0 Å². The zero-order valence-electron chi connectivity index (χ0n) is 11.0. The van der Waals surface area contributed by atoms with Crippen molar-refractivity contribution in [1.82, 2.24) is 5.32 Å². The number of anilines is 1. The normalized spacial score (nSPS) is 10.8. The topological polar surface area (TPSA) is 64.9 Å². The molecule has 0 heterocycles. The number of nitrogens with zero attached hydrogens (tertiary/aromatic N) is 1. The number of nitriles is 1. The molecule has 0 saturated heterocycles. The minimum absolute atomic E-state index is 0.0165. The highest BCUT2D eigenvalue weighted by molar-refractivity contribution is 6.35. The van der Waals surface area contributed by atoms with Gasteiger partial charge in [0.2, 0.25) is 0 Å². The number of benzene rings is 1. The molecular formula is C14H15Cl2N3O. The van der Waals surface area contributed by atoms with Gasteiger partial charge in [0.1, 0.15) is 11.6 Å². The Morgan fingerprint density at radius 2 is 2.20 bits per heavy atom. The fourth-order valence-electron chi connectivity index (χ4n) is 1.38. The van der Waals surface area contributed by atoms with Crippen molar-refractivity contribution in [2.75, 3.05) is 11.9 Å². The van der Waals surface area contributed by atoms with E-state index in [4.69, 9.17) is 28.5 Å².